The predicted molar refractivity (Wildman–Crippen MR) is 108 cm³/mol. The van der Waals surface area contributed by atoms with Crippen LogP contribution < -0.4 is 10.1 Å². The summed E-state index contributed by atoms with van der Waals surface area (Å²) < 4.78 is 19.1. The number of cyclic esters (lactones) is 1. The summed E-state index contributed by atoms with van der Waals surface area (Å²) in [7, 11) is 0. The number of nitrogens with zero attached hydrogens (tertiary/aromatic N) is 3. The fourth-order valence-corrected chi connectivity index (χ4v) is 4.34. The van der Waals surface area contributed by atoms with E-state index in [1.54, 1.807) is 0 Å². The first kappa shape index (κ1) is 18.4. The Labute approximate surface area is 171 Å². The Morgan fingerprint density at radius 1 is 1.17 bits per heavy atom. The minimum Gasteiger partial charge on any atom is -0.494 e. The summed E-state index contributed by atoms with van der Waals surface area (Å²) in [5.41, 5.74) is 2.56. The highest BCUT2D eigenvalue weighted by molar-refractivity contribution is 7.09. The Morgan fingerprint density at radius 2 is 2.14 bits per heavy atom. The van der Waals surface area contributed by atoms with Gasteiger partial charge >= 0.3 is 6.09 Å². The monoisotopic (exact) mass is 414 g/mol. The van der Waals surface area contributed by atoms with Gasteiger partial charge in [0.1, 0.15) is 28.8 Å². The fraction of sp³-hybridized carbons (Fsp3) is 0.450. The number of amides is 1. The molecule has 0 radical (unpaired) electrons. The third kappa shape index (κ3) is 3.79. The topological polar surface area (TPSA) is 87.5 Å². The highest BCUT2D eigenvalue weighted by Gasteiger charge is 2.23. The molecule has 0 saturated carbocycles. The van der Waals surface area contributed by atoms with Gasteiger partial charge in [-0.1, -0.05) is 0 Å². The van der Waals surface area contributed by atoms with Gasteiger partial charge in [-0.05, 0) is 43.9 Å². The van der Waals surface area contributed by atoms with E-state index in [9.17, 15) is 4.79 Å². The molecule has 1 N–H and O–H groups in total. The highest BCUT2D eigenvalue weighted by atomic mass is 32.1. The zero-order valence-corrected chi connectivity index (χ0v) is 16.7. The minimum atomic E-state index is -0.446. The molecule has 0 spiro atoms. The maximum absolute atomic E-state index is 11.8. The predicted octanol–water partition coefficient (Wildman–Crippen LogP) is 3.87. The quantitative estimate of drug-likeness (QED) is 0.650. The van der Waals surface area contributed by atoms with Gasteiger partial charge in [0.25, 0.3) is 0 Å². The normalized spacial score (nSPS) is 20.4. The summed E-state index contributed by atoms with van der Waals surface area (Å²) >= 11 is 1.45. The molecule has 1 saturated heterocycles. The SMILES string of the molecule is O=C1NCCCOc2ccc3c(c2)c(nn3C2CCCCO2)-c2csc(n2)CO1. The van der Waals surface area contributed by atoms with Crippen molar-refractivity contribution in [3.05, 3.63) is 28.6 Å². The van der Waals surface area contributed by atoms with E-state index in [-0.39, 0.29) is 12.8 Å². The van der Waals surface area contributed by atoms with Crippen LogP contribution in [0.15, 0.2) is 23.6 Å². The fourth-order valence-electron chi connectivity index (χ4n) is 3.65. The zero-order chi connectivity index (χ0) is 19.6. The molecule has 5 rings (SSSR count). The van der Waals surface area contributed by atoms with Gasteiger partial charge in [0.05, 0.1) is 12.1 Å². The van der Waals surface area contributed by atoms with Crippen molar-refractivity contribution in [3.63, 3.8) is 0 Å². The van der Waals surface area contributed by atoms with Crippen molar-refractivity contribution in [2.75, 3.05) is 19.8 Å². The molecule has 152 valence electrons. The molecular formula is C20H22N4O4S. The van der Waals surface area contributed by atoms with Gasteiger partial charge in [-0.3, -0.25) is 0 Å². The average Bonchev–Trinajstić information content (AvgIpc) is 3.36. The second-order valence-corrected chi connectivity index (χ2v) is 8.07. The summed E-state index contributed by atoms with van der Waals surface area (Å²) in [6.07, 6.45) is 3.34. The lowest BCUT2D eigenvalue weighted by molar-refractivity contribution is -0.0365. The maximum Gasteiger partial charge on any atom is 0.407 e. The molecule has 8 nitrogen and oxygen atoms in total. The molecule has 4 heterocycles. The lowest BCUT2D eigenvalue weighted by Crippen LogP contribution is -2.26. The van der Waals surface area contributed by atoms with Gasteiger partial charge in [-0.15, -0.1) is 11.3 Å². The standard InChI is InChI=1S/C20H22N4O4S/c25-20-21-7-3-9-26-13-5-6-16-14(10-13)19(15-12-29-17(22-15)11-28-20)23-24(16)18-4-1-2-8-27-18/h5-6,10,12,18H,1-4,7-9,11H2,(H,21,25). The van der Waals surface area contributed by atoms with Crippen molar-refractivity contribution in [1.82, 2.24) is 20.1 Å². The van der Waals surface area contributed by atoms with Gasteiger partial charge < -0.3 is 19.5 Å². The van der Waals surface area contributed by atoms with E-state index in [1.165, 1.54) is 11.3 Å². The average molecular weight is 414 g/mol. The number of carbonyl (C=O) groups excluding carboxylic acids is 1. The maximum atomic E-state index is 11.8. The van der Waals surface area contributed by atoms with Gasteiger partial charge in [-0.25, -0.2) is 14.5 Å². The van der Waals surface area contributed by atoms with E-state index < -0.39 is 6.09 Å². The van der Waals surface area contributed by atoms with Gasteiger partial charge in [0.2, 0.25) is 0 Å². The number of fused-ring (bicyclic) bond motifs is 4. The number of benzene rings is 1. The second-order valence-electron chi connectivity index (χ2n) is 7.12. The lowest BCUT2D eigenvalue weighted by Gasteiger charge is -2.23. The van der Waals surface area contributed by atoms with Crippen LogP contribution >= 0.6 is 11.3 Å². The molecule has 1 fully saturated rings. The van der Waals surface area contributed by atoms with Crippen LogP contribution in [0.2, 0.25) is 0 Å². The van der Waals surface area contributed by atoms with Crippen LogP contribution in [0.25, 0.3) is 22.3 Å². The number of alkyl carbamates (subject to hydrolysis) is 1. The van der Waals surface area contributed by atoms with E-state index in [2.05, 4.69) is 10.3 Å². The Morgan fingerprint density at radius 3 is 3.03 bits per heavy atom. The molecule has 2 aliphatic heterocycles. The summed E-state index contributed by atoms with van der Waals surface area (Å²) in [5, 5.41) is 11.3. The second kappa shape index (κ2) is 8.00. The Hall–Kier alpha value is -2.65. The van der Waals surface area contributed by atoms with E-state index >= 15 is 0 Å². The summed E-state index contributed by atoms with van der Waals surface area (Å²) in [6.45, 7) is 1.89. The molecule has 1 atom stereocenters. The minimum absolute atomic E-state index is 0.0671. The number of hydrogen-bond donors (Lipinski definition) is 1. The highest BCUT2D eigenvalue weighted by Crippen LogP contribution is 2.35. The number of hydrogen-bond acceptors (Lipinski definition) is 7. The summed E-state index contributed by atoms with van der Waals surface area (Å²) in [4.78, 5) is 16.4. The van der Waals surface area contributed by atoms with E-state index in [0.29, 0.717) is 19.6 Å². The molecule has 4 bridgehead atoms. The number of ether oxygens (including phenoxy) is 3. The van der Waals surface area contributed by atoms with Crippen LogP contribution in [0.1, 0.15) is 36.9 Å². The number of aromatic nitrogens is 3. The number of thiazole rings is 1. The first-order valence-corrected chi connectivity index (χ1v) is 10.8. The van der Waals surface area contributed by atoms with Crippen LogP contribution in [0.3, 0.4) is 0 Å². The van der Waals surface area contributed by atoms with Crippen LogP contribution in [0.5, 0.6) is 5.75 Å². The molecular weight excluding hydrogens is 392 g/mol. The molecule has 2 aliphatic rings. The number of rotatable bonds is 1. The Kier molecular flexibility index (Phi) is 5.07. The smallest absolute Gasteiger partial charge is 0.407 e. The largest absolute Gasteiger partial charge is 0.494 e. The van der Waals surface area contributed by atoms with Crippen LogP contribution in [0, 0.1) is 0 Å². The molecule has 0 aliphatic carbocycles. The third-order valence-corrected chi connectivity index (χ3v) is 5.91. The molecule has 3 aromatic rings. The first-order valence-electron chi connectivity index (χ1n) is 9.90. The first-order chi connectivity index (χ1) is 14.3. The molecule has 1 unspecified atom stereocenters. The lowest BCUT2D eigenvalue weighted by atomic mass is 10.1. The molecule has 2 aromatic heterocycles. The van der Waals surface area contributed by atoms with Gasteiger partial charge in [0, 0.05) is 23.9 Å². The van der Waals surface area contributed by atoms with Crippen molar-refractivity contribution < 1.29 is 19.0 Å². The van der Waals surface area contributed by atoms with Crippen molar-refractivity contribution in [3.8, 4) is 17.1 Å². The van der Waals surface area contributed by atoms with Crippen LogP contribution in [0.4, 0.5) is 4.79 Å². The van der Waals surface area contributed by atoms with E-state index in [0.717, 1.165) is 58.9 Å². The third-order valence-electron chi connectivity index (χ3n) is 5.09. The molecule has 9 heteroatoms. The Balaban J connectivity index is 1.59. The molecule has 1 amide bonds. The Bertz CT molecular complexity index is 1020. The zero-order valence-electron chi connectivity index (χ0n) is 15.9. The van der Waals surface area contributed by atoms with E-state index in [4.69, 9.17) is 19.3 Å². The van der Waals surface area contributed by atoms with Gasteiger partial charge in [0.15, 0.2) is 6.23 Å². The van der Waals surface area contributed by atoms with Crippen molar-refractivity contribution in [2.24, 2.45) is 0 Å². The van der Waals surface area contributed by atoms with Crippen LogP contribution in [-0.4, -0.2) is 40.6 Å². The van der Waals surface area contributed by atoms with Crippen LogP contribution in [-0.2, 0) is 16.1 Å². The molecule has 1 aromatic carbocycles. The number of nitrogens with one attached hydrogen (secondary N) is 1. The summed E-state index contributed by atoms with van der Waals surface area (Å²) in [5.74, 6) is 0.774. The van der Waals surface area contributed by atoms with Crippen molar-refractivity contribution in [2.45, 2.75) is 38.5 Å². The van der Waals surface area contributed by atoms with Crippen molar-refractivity contribution >= 4 is 28.3 Å². The van der Waals surface area contributed by atoms with Gasteiger partial charge in [-0.2, -0.15) is 5.10 Å². The number of carbonyl (C=O) groups is 1. The molecule has 29 heavy (non-hydrogen) atoms. The van der Waals surface area contributed by atoms with Crippen molar-refractivity contribution in [1.29, 1.82) is 0 Å². The van der Waals surface area contributed by atoms with E-state index in [1.807, 2.05) is 28.3 Å². The summed E-state index contributed by atoms with van der Waals surface area (Å²) in [6, 6.07) is 6.01.